The van der Waals surface area contributed by atoms with Gasteiger partial charge in [0.15, 0.2) is 10.3 Å². The summed E-state index contributed by atoms with van der Waals surface area (Å²) >= 11 is 16.0. The zero-order valence-electron chi connectivity index (χ0n) is 32.0. The van der Waals surface area contributed by atoms with Gasteiger partial charge in [0.25, 0.3) is 0 Å². The van der Waals surface area contributed by atoms with Crippen LogP contribution in [0.25, 0.3) is 33.6 Å². The summed E-state index contributed by atoms with van der Waals surface area (Å²) in [6, 6.07) is 38.7. The van der Waals surface area contributed by atoms with Crippen molar-refractivity contribution >= 4 is 91.2 Å². The highest BCUT2D eigenvalue weighted by atomic mass is 35.5. The summed E-state index contributed by atoms with van der Waals surface area (Å²) < 4.78 is 1.08. The number of carbonyl (C=O) groups excluding carboxylic acids is 2. The van der Waals surface area contributed by atoms with E-state index in [1.807, 2.05) is 102 Å². The van der Waals surface area contributed by atoms with Gasteiger partial charge in [-0.25, -0.2) is 9.97 Å². The molecule has 0 bridgehead atoms. The van der Waals surface area contributed by atoms with E-state index in [2.05, 4.69) is 28.5 Å². The number of aromatic nitrogens is 2. The Labute approximate surface area is 368 Å². The number of aliphatic carboxylic acids is 2. The van der Waals surface area contributed by atoms with Crippen molar-refractivity contribution in [3.63, 3.8) is 0 Å². The molecule has 0 aliphatic rings. The molecule has 3 heterocycles. The highest BCUT2D eigenvalue weighted by Crippen LogP contribution is 2.39. The van der Waals surface area contributed by atoms with Crippen molar-refractivity contribution < 1.29 is 29.4 Å². The molecular formula is C45H38Cl2N4O6S3. The average molecular weight is 898 g/mol. The first-order valence-corrected chi connectivity index (χ1v) is 21.9. The maximum Gasteiger partial charge on any atom is 0.304 e. The van der Waals surface area contributed by atoms with Gasteiger partial charge < -0.3 is 15.5 Å². The number of carbonyl (C=O) groups is 4. The average Bonchev–Trinajstić information content (AvgIpc) is 4.01. The standard InChI is InChI=1S/C27H24N2O3S.C18H14Cl2N2O3S2/c1-29(26(32)21(17-25(30)31)16-19-10-4-2-5-11-19)27-28-24(18-33-27)23-15-9-8-14-22(23)20-12-6-3-7-13-20;19-14-8-12(16(20)27-14)13-9-26-18(21-13)22-17(25)11(7-15(23)24)6-10-4-2-1-3-5-10/h2-15,18,21H,16-17H2,1H3,(H,30,31);1-5,8-9,11H,6-7H2,(H,23,24)(H,21,22,25)/t21-;11-/m11/s1. The van der Waals surface area contributed by atoms with E-state index in [0.29, 0.717) is 43.0 Å². The molecule has 3 N–H and O–H groups in total. The summed E-state index contributed by atoms with van der Waals surface area (Å²) in [4.78, 5) is 59.1. The van der Waals surface area contributed by atoms with Crippen molar-refractivity contribution in [2.24, 2.45) is 11.8 Å². The predicted octanol–water partition coefficient (Wildman–Crippen LogP) is 11.2. The third-order valence-electron chi connectivity index (χ3n) is 9.28. The highest BCUT2D eigenvalue weighted by molar-refractivity contribution is 7.20. The molecule has 306 valence electrons. The first-order valence-electron chi connectivity index (χ1n) is 18.6. The van der Waals surface area contributed by atoms with E-state index >= 15 is 0 Å². The molecule has 3 aromatic heterocycles. The second kappa shape index (κ2) is 21.0. The largest absolute Gasteiger partial charge is 0.481 e. The minimum Gasteiger partial charge on any atom is -0.481 e. The van der Waals surface area contributed by atoms with Crippen LogP contribution in [0.4, 0.5) is 10.3 Å². The lowest BCUT2D eigenvalue weighted by Crippen LogP contribution is -2.35. The Morgan fingerprint density at radius 2 is 1.18 bits per heavy atom. The molecule has 10 nitrogen and oxygen atoms in total. The molecule has 7 aromatic rings. The maximum absolute atomic E-state index is 13.2. The molecule has 2 amide bonds. The quantitative estimate of drug-likeness (QED) is 0.0921. The Morgan fingerprint density at radius 3 is 1.77 bits per heavy atom. The first kappa shape index (κ1) is 43.9. The normalized spacial score (nSPS) is 11.8. The number of hydrogen-bond donors (Lipinski definition) is 3. The maximum atomic E-state index is 13.2. The Balaban J connectivity index is 0.000000205. The number of carboxylic acid groups (broad SMARTS) is 2. The van der Waals surface area contributed by atoms with E-state index in [1.165, 1.54) is 38.9 Å². The fraction of sp³-hybridized carbons (Fsp3) is 0.156. The second-order valence-corrected chi connectivity index (χ2v) is 17.5. The number of nitrogens with one attached hydrogen (secondary N) is 1. The molecule has 60 heavy (non-hydrogen) atoms. The molecule has 0 saturated heterocycles. The molecule has 0 radical (unpaired) electrons. The third kappa shape index (κ3) is 12.0. The minimum atomic E-state index is -1.02. The van der Waals surface area contributed by atoms with Crippen LogP contribution in [0, 0.1) is 11.8 Å². The van der Waals surface area contributed by atoms with Gasteiger partial charge in [0.1, 0.15) is 4.34 Å². The van der Waals surface area contributed by atoms with E-state index in [0.717, 1.165) is 33.5 Å². The molecular weight excluding hydrogens is 860 g/mol. The summed E-state index contributed by atoms with van der Waals surface area (Å²) in [5, 5.41) is 25.9. The van der Waals surface area contributed by atoms with E-state index in [1.54, 1.807) is 18.5 Å². The van der Waals surface area contributed by atoms with E-state index in [4.69, 9.17) is 33.3 Å². The van der Waals surface area contributed by atoms with Gasteiger partial charge in [-0.2, -0.15) is 0 Å². The van der Waals surface area contributed by atoms with Crippen molar-refractivity contribution in [1.82, 2.24) is 9.97 Å². The third-order valence-corrected chi connectivity index (χ3v) is 12.4. The summed E-state index contributed by atoms with van der Waals surface area (Å²) in [6.45, 7) is 0. The Kier molecular flexibility index (Phi) is 15.4. The fourth-order valence-electron chi connectivity index (χ4n) is 6.39. The van der Waals surface area contributed by atoms with Crippen molar-refractivity contribution in [3.05, 3.63) is 152 Å². The van der Waals surface area contributed by atoms with Crippen LogP contribution in [0.15, 0.2) is 132 Å². The highest BCUT2D eigenvalue weighted by Gasteiger charge is 2.28. The van der Waals surface area contributed by atoms with Crippen molar-refractivity contribution in [3.8, 4) is 33.6 Å². The van der Waals surface area contributed by atoms with Crippen molar-refractivity contribution in [1.29, 1.82) is 0 Å². The van der Waals surface area contributed by atoms with Crippen LogP contribution in [0.2, 0.25) is 8.67 Å². The summed E-state index contributed by atoms with van der Waals surface area (Å²) in [6.07, 6.45) is 0.215. The summed E-state index contributed by atoms with van der Waals surface area (Å²) in [5.41, 5.74) is 7.08. The van der Waals surface area contributed by atoms with Crippen LogP contribution in [0.3, 0.4) is 0 Å². The van der Waals surface area contributed by atoms with Crippen LogP contribution in [-0.2, 0) is 32.0 Å². The van der Waals surface area contributed by atoms with Crippen molar-refractivity contribution in [2.45, 2.75) is 25.7 Å². The van der Waals surface area contributed by atoms with Crippen LogP contribution in [0.1, 0.15) is 24.0 Å². The van der Waals surface area contributed by atoms with Crippen LogP contribution >= 0.6 is 57.2 Å². The Morgan fingerprint density at radius 1 is 0.667 bits per heavy atom. The van der Waals surface area contributed by atoms with Gasteiger partial charge in [0.05, 0.1) is 40.4 Å². The molecule has 7 rings (SSSR count). The predicted molar refractivity (Wildman–Crippen MR) is 242 cm³/mol. The number of thiophene rings is 1. The second-order valence-electron chi connectivity index (χ2n) is 13.6. The van der Waals surface area contributed by atoms with Crippen LogP contribution in [-0.4, -0.2) is 51.0 Å². The smallest absolute Gasteiger partial charge is 0.304 e. The SMILES string of the molecule is CN(C(=O)[C@@H](CC(=O)O)Cc1ccccc1)c1nc(-c2ccccc2-c2ccccc2)cs1.O=C(O)C[C@@H](Cc1ccccc1)C(=O)Nc1nc(-c2cc(Cl)sc2Cl)cs1. The van der Waals surface area contributed by atoms with Gasteiger partial charge in [-0.1, -0.05) is 138 Å². The first-order chi connectivity index (χ1) is 28.9. The fourth-order valence-corrected chi connectivity index (χ4v) is 9.38. The lowest BCUT2D eigenvalue weighted by atomic mass is 9.95. The van der Waals surface area contributed by atoms with E-state index < -0.39 is 23.8 Å². The number of halogens is 2. The van der Waals surface area contributed by atoms with Crippen LogP contribution in [0.5, 0.6) is 0 Å². The van der Waals surface area contributed by atoms with Gasteiger partial charge in [-0.15, -0.1) is 34.0 Å². The zero-order chi connectivity index (χ0) is 42.6. The molecule has 0 spiro atoms. The molecule has 0 unspecified atom stereocenters. The molecule has 4 aromatic carbocycles. The van der Waals surface area contributed by atoms with Crippen LogP contribution < -0.4 is 10.2 Å². The van der Waals surface area contributed by atoms with E-state index in [9.17, 15) is 24.3 Å². The number of anilines is 2. The summed E-state index contributed by atoms with van der Waals surface area (Å²) in [5.74, 6) is -4.01. The minimum absolute atomic E-state index is 0.229. The van der Waals surface area contributed by atoms with Gasteiger partial charge in [0.2, 0.25) is 11.8 Å². The number of thiazole rings is 2. The number of carboxylic acids is 2. The number of nitrogens with zero attached hydrogens (tertiary/aromatic N) is 3. The lowest BCUT2D eigenvalue weighted by molar-refractivity contribution is -0.140. The zero-order valence-corrected chi connectivity index (χ0v) is 36.0. The Hall–Kier alpha value is -5.70. The number of amides is 2. The molecule has 0 aliphatic carbocycles. The number of benzene rings is 4. The van der Waals surface area contributed by atoms with Gasteiger partial charge in [0, 0.05) is 28.9 Å². The van der Waals surface area contributed by atoms with Gasteiger partial charge >= 0.3 is 11.9 Å². The van der Waals surface area contributed by atoms with Gasteiger partial charge in [-0.05, 0) is 41.2 Å². The molecule has 0 saturated carbocycles. The molecule has 15 heteroatoms. The Bertz CT molecular complexity index is 2550. The topological polar surface area (TPSA) is 150 Å². The number of hydrogen-bond acceptors (Lipinski definition) is 9. The lowest BCUT2D eigenvalue weighted by Gasteiger charge is -2.21. The van der Waals surface area contributed by atoms with Gasteiger partial charge in [-0.3, -0.25) is 24.1 Å². The summed E-state index contributed by atoms with van der Waals surface area (Å²) in [7, 11) is 1.66. The molecule has 0 aliphatic heterocycles. The molecule has 2 atom stereocenters. The van der Waals surface area contributed by atoms with E-state index in [-0.39, 0.29) is 24.7 Å². The number of rotatable bonds is 15. The monoisotopic (exact) mass is 896 g/mol. The molecule has 0 fully saturated rings. The van der Waals surface area contributed by atoms with Crippen molar-refractivity contribution in [2.75, 3.05) is 17.3 Å².